The molecule has 0 aromatic carbocycles. The summed E-state index contributed by atoms with van der Waals surface area (Å²) < 4.78 is 5.30. The lowest BCUT2D eigenvalue weighted by Crippen LogP contribution is -2.29. The van der Waals surface area contributed by atoms with Crippen molar-refractivity contribution in [2.45, 2.75) is 63.9 Å². The number of rotatable bonds is 5. The van der Waals surface area contributed by atoms with Gasteiger partial charge in [0.15, 0.2) is 0 Å². The number of methoxy groups -OCH3 is 1. The van der Waals surface area contributed by atoms with E-state index in [-0.39, 0.29) is 6.10 Å². The van der Waals surface area contributed by atoms with E-state index in [9.17, 15) is 4.79 Å². The molecule has 18 heavy (non-hydrogen) atoms. The van der Waals surface area contributed by atoms with E-state index in [1.54, 1.807) is 7.11 Å². The summed E-state index contributed by atoms with van der Waals surface area (Å²) in [6.45, 7) is 1.69. The number of hydrogen-bond acceptors (Lipinski definition) is 2. The van der Waals surface area contributed by atoms with Gasteiger partial charge in [0.1, 0.15) is 0 Å². The van der Waals surface area contributed by atoms with E-state index in [1.165, 1.54) is 38.5 Å². The average Bonchev–Trinajstić information content (AvgIpc) is 2.89. The molecule has 3 nitrogen and oxygen atoms in total. The lowest BCUT2D eigenvalue weighted by molar-refractivity contribution is -0.130. The number of amides is 1. The van der Waals surface area contributed by atoms with Crippen LogP contribution in [-0.2, 0) is 9.53 Å². The summed E-state index contributed by atoms with van der Waals surface area (Å²) in [6.07, 6.45) is 11.4. The fraction of sp³-hybridized carbons (Fsp3) is 0.933. The zero-order chi connectivity index (χ0) is 12.8. The number of carbonyl (C=O) groups excluding carboxylic acids is 1. The Kier molecular flexibility index (Phi) is 5.48. The normalized spacial score (nSPS) is 25.6. The summed E-state index contributed by atoms with van der Waals surface area (Å²) in [5.41, 5.74) is 0. The summed E-state index contributed by atoms with van der Waals surface area (Å²) in [5.74, 6) is 1.24. The van der Waals surface area contributed by atoms with Crippen molar-refractivity contribution in [3.05, 3.63) is 0 Å². The second-order valence-corrected chi connectivity index (χ2v) is 5.88. The van der Waals surface area contributed by atoms with Gasteiger partial charge in [-0.25, -0.2) is 0 Å². The van der Waals surface area contributed by atoms with E-state index in [4.69, 9.17) is 4.74 Å². The van der Waals surface area contributed by atoms with Crippen LogP contribution in [0.5, 0.6) is 0 Å². The van der Waals surface area contributed by atoms with Crippen LogP contribution in [0.15, 0.2) is 0 Å². The first-order chi connectivity index (χ1) is 8.79. The Hall–Kier alpha value is -0.570. The molecule has 2 aliphatic rings. The average molecular weight is 253 g/mol. The van der Waals surface area contributed by atoms with Gasteiger partial charge in [0, 0.05) is 26.6 Å². The summed E-state index contributed by atoms with van der Waals surface area (Å²) in [7, 11) is 1.74. The van der Waals surface area contributed by atoms with Crippen molar-refractivity contribution in [1.82, 2.24) is 4.90 Å². The summed E-state index contributed by atoms with van der Waals surface area (Å²) >= 11 is 0. The van der Waals surface area contributed by atoms with Crippen LogP contribution in [0.1, 0.15) is 57.8 Å². The quantitative estimate of drug-likeness (QED) is 0.754. The molecule has 3 heteroatoms. The zero-order valence-electron chi connectivity index (χ0n) is 11.7. The van der Waals surface area contributed by atoms with Crippen LogP contribution < -0.4 is 0 Å². The molecule has 0 unspecified atom stereocenters. The van der Waals surface area contributed by atoms with Crippen LogP contribution in [0.3, 0.4) is 0 Å². The van der Waals surface area contributed by atoms with Crippen molar-refractivity contribution in [3.63, 3.8) is 0 Å². The molecule has 0 bridgehead atoms. The number of likely N-dealkylation sites (tertiary alicyclic amines) is 1. The van der Waals surface area contributed by atoms with Crippen molar-refractivity contribution in [2.75, 3.05) is 20.2 Å². The number of hydrogen-bond donors (Lipinski definition) is 0. The topological polar surface area (TPSA) is 29.5 Å². The highest BCUT2D eigenvalue weighted by molar-refractivity contribution is 5.76. The van der Waals surface area contributed by atoms with Gasteiger partial charge in [0.25, 0.3) is 0 Å². The van der Waals surface area contributed by atoms with E-state index in [0.717, 1.165) is 38.3 Å². The Morgan fingerprint density at radius 1 is 1.22 bits per heavy atom. The molecule has 1 aliphatic carbocycles. The maximum absolute atomic E-state index is 12.0. The molecule has 0 spiro atoms. The van der Waals surface area contributed by atoms with Crippen LogP contribution in [0.25, 0.3) is 0 Å². The minimum atomic E-state index is 0.271. The number of ether oxygens (including phenoxy) is 1. The van der Waals surface area contributed by atoms with Gasteiger partial charge < -0.3 is 9.64 Å². The molecule has 0 N–H and O–H groups in total. The summed E-state index contributed by atoms with van der Waals surface area (Å²) in [6, 6.07) is 0. The van der Waals surface area contributed by atoms with Gasteiger partial charge in [-0.15, -0.1) is 0 Å². The highest BCUT2D eigenvalue weighted by Crippen LogP contribution is 2.28. The van der Waals surface area contributed by atoms with Gasteiger partial charge in [0.2, 0.25) is 5.91 Å². The summed E-state index contributed by atoms with van der Waals surface area (Å²) in [4.78, 5) is 14.0. The molecule has 1 saturated carbocycles. The van der Waals surface area contributed by atoms with E-state index >= 15 is 0 Å². The first-order valence-corrected chi connectivity index (χ1v) is 7.60. The number of nitrogens with zero attached hydrogens (tertiary/aromatic N) is 1. The van der Waals surface area contributed by atoms with Crippen LogP contribution in [0, 0.1) is 5.92 Å². The number of carbonyl (C=O) groups is 1. The first kappa shape index (κ1) is 13.9. The van der Waals surface area contributed by atoms with Gasteiger partial charge in [-0.3, -0.25) is 4.79 Å². The summed E-state index contributed by atoms with van der Waals surface area (Å²) in [5, 5.41) is 0. The third-order valence-corrected chi connectivity index (χ3v) is 4.56. The maximum Gasteiger partial charge on any atom is 0.222 e. The Balaban J connectivity index is 1.60. The van der Waals surface area contributed by atoms with E-state index in [1.807, 2.05) is 4.90 Å². The Bertz CT molecular complexity index is 261. The predicted octanol–water partition coefficient (Wildman–Crippen LogP) is 2.98. The molecule has 0 aromatic rings. The minimum absolute atomic E-state index is 0.271. The van der Waals surface area contributed by atoms with Crippen molar-refractivity contribution < 1.29 is 9.53 Å². The molecule has 1 saturated heterocycles. The molecule has 0 aromatic heterocycles. The van der Waals surface area contributed by atoms with Crippen LogP contribution in [-0.4, -0.2) is 37.1 Å². The van der Waals surface area contributed by atoms with Gasteiger partial charge in [-0.1, -0.05) is 32.1 Å². The first-order valence-electron chi connectivity index (χ1n) is 7.60. The largest absolute Gasteiger partial charge is 0.380 e. The van der Waals surface area contributed by atoms with E-state index in [2.05, 4.69) is 0 Å². The lowest BCUT2D eigenvalue weighted by atomic mass is 9.86. The Morgan fingerprint density at radius 2 is 2.00 bits per heavy atom. The smallest absolute Gasteiger partial charge is 0.222 e. The molecule has 2 rings (SSSR count). The van der Waals surface area contributed by atoms with Gasteiger partial charge in [-0.05, 0) is 25.2 Å². The van der Waals surface area contributed by atoms with E-state index in [0.29, 0.717) is 5.91 Å². The standard InChI is InChI=1S/C15H27NO2/c1-18-14-10-11-16(12-14)15(17)9-5-8-13-6-3-2-4-7-13/h13-14H,2-12H2,1H3/t14-/m0/s1. The van der Waals surface area contributed by atoms with Gasteiger partial charge >= 0.3 is 0 Å². The fourth-order valence-electron chi connectivity index (χ4n) is 3.32. The molecule has 1 amide bonds. The molecule has 2 fully saturated rings. The predicted molar refractivity (Wildman–Crippen MR) is 72.4 cm³/mol. The molecule has 1 heterocycles. The highest BCUT2D eigenvalue weighted by Gasteiger charge is 2.25. The molecule has 104 valence electrons. The Labute approximate surface area is 111 Å². The SMILES string of the molecule is CO[C@H]1CCN(C(=O)CCCC2CCCCC2)C1. The Morgan fingerprint density at radius 3 is 2.67 bits per heavy atom. The van der Waals surface area contributed by atoms with E-state index < -0.39 is 0 Å². The lowest BCUT2D eigenvalue weighted by Gasteiger charge is -2.22. The van der Waals surface area contributed by atoms with Crippen molar-refractivity contribution in [2.24, 2.45) is 5.92 Å². The van der Waals surface area contributed by atoms with Crippen molar-refractivity contribution >= 4 is 5.91 Å². The fourth-order valence-corrected chi connectivity index (χ4v) is 3.32. The third kappa shape index (κ3) is 3.98. The molecular weight excluding hydrogens is 226 g/mol. The molecule has 1 atom stereocenters. The van der Waals surface area contributed by atoms with Crippen LogP contribution >= 0.6 is 0 Å². The second kappa shape index (κ2) is 7.13. The molecule has 0 radical (unpaired) electrons. The molecule has 1 aliphatic heterocycles. The zero-order valence-corrected chi connectivity index (χ0v) is 11.7. The third-order valence-electron chi connectivity index (χ3n) is 4.56. The minimum Gasteiger partial charge on any atom is -0.380 e. The second-order valence-electron chi connectivity index (χ2n) is 5.88. The monoisotopic (exact) mass is 253 g/mol. The van der Waals surface area contributed by atoms with Crippen molar-refractivity contribution in [3.8, 4) is 0 Å². The van der Waals surface area contributed by atoms with Crippen LogP contribution in [0.4, 0.5) is 0 Å². The highest BCUT2D eigenvalue weighted by atomic mass is 16.5. The van der Waals surface area contributed by atoms with Crippen molar-refractivity contribution in [1.29, 1.82) is 0 Å². The maximum atomic E-state index is 12.0. The molecular formula is C15H27NO2. The van der Waals surface area contributed by atoms with Gasteiger partial charge in [0.05, 0.1) is 6.10 Å². The van der Waals surface area contributed by atoms with Gasteiger partial charge in [-0.2, -0.15) is 0 Å². The van der Waals surface area contributed by atoms with Crippen LogP contribution in [0.2, 0.25) is 0 Å².